The molecule has 0 aliphatic carbocycles. The Hall–Kier alpha value is -1.55. The molecular formula is C15H20N2O2. The lowest BCUT2D eigenvalue weighted by Crippen LogP contribution is -2.39. The van der Waals surface area contributed by atoms with Gasteiger partial charge in [-0.15, -0.1) is 0 Å². The fourth-order valence-electron chi connectivity index (χ4n) is 2.81. The third-order valence-electron chi connectivity index (χ3n) is 3.99. The molecule has 19 heavy (non-hydrogen) atoms. The summed E-state index contributed by atoms with van der Waals surface area (Å²) in [5.74, 6) is 1.59. The number of hydrogen-bond acceptors (Lipinski definition) is 4. The molecule has 1 unspecified atom stereocenters. The third kappa shape index (κ3) is 2.21. The van der Waals surface area contributed by atoms with Gasteiger partial charge in [-0.05, 0) is 36.9 Å². The molecule has 3 rings (SSSR count). The van der Waals surface area contributed by atoms with Crippen molar-refractivity contribution in [3.8, 4) is 5.75 Å². The summed E-state index contributed by atoms with van der Waals surface area (Å²) in [6, 6.07) is 5.91. The van der Waals surface area contributed by atoms with Gasteiger partial charge in [0, 0.05) is 6.07 Å². The van der Waals surface area contributed by atoms with Gasteiger partial charge in [0.1, 0.15) is 11.3 Å². The Kier molecular flexibility index (Phi) is 2.97. The van der Waals surface area contributed by atoms with Crippen molar-refractivity contribution in [2.24, 2.45) is 5.41 Å². The second-order valence-electron chi connectivity index (χ2n) is 5.87. The minimum atomic E-state index is 0.170. The first-order valence-electron chi connectivity index (χ1n) is 6.78. The lowest BCUT2D eigenvalue weighted by molar-refractivity contribution is 0.157. The topological polar surface area (TPSA) is 47.3 Å². The van der Waals surface area contributed by atoms with E-state index in [-0.39, 0.29) is 11.5 Å². The summed E-state index contributed by atoms with van der Waals surface area (Å²) in [6.45, 7) is 5.55. The quantitative estimate of drug-likeness (QED) is 0.900. The van der Waals surface area contributed by atoms with Crippen molar-refractivity contribution in [1.29, 1.82) is 0 Å². The molecule has 1 aliphatic heterocycles. The first-order chi connectivity index (χ1) is 9.10. The molecule has 1 fully saturated rings. The Morgan fingerprint density at radius 3 is 3.00 bits per heavy atom. The predicted octanol–water partition coefficient (Wildman–Crippen LogP) is 3.29. The highest BCUT2D eigenvalue weighted by atomic mass is 16.5. The van der Waals surface area contributed by atoms with Crippen LogP contribution in [-0.2, 0) is 0 Å². The van der Waals surface area contributed by atoms with Crippen LogP contribution in [0.1, 0.15) is 38.6 Å². The number of nitrogens with one attached hydrogen (secondary N) is 1. The summed E-state index contributed by atoms with van der Waals surface area (Å²) in [4.78, 5) is 4.63. The van der Waals surface area contributed by atoms with Crippen LogP contribution in [0.3, 0.4) is 0 Å². The molecule has 1 aromatic carbocycles. The van der Waals surface area contributed by atoms with Crippen molar-refractivity contribution in [2.45, 2.75) is 32.7 Å². The number of hydrogen-bond donors (Lipinski definition) is 1. The molecule has 2 aromatic rings. The molecule has 1 aliphatic rings. The third-order valence-corrected chi connectivity index (χ3v) is 3.99. The van der Waals surface area contributed by atoms with Gasteiger partial charge in [-0.3, -0.25) is 0 Å². The second kappa shape index (κ2) is 4.53. The number of fused-ring (bicyclic) bond motifs is 1. The van der Waals surface area contributed by atoms with E-state index in [4.69, 9.17) is 9.15 Å². The molecule has 0 bridgehead atoms. The first kappa shape index (κ1) is 12.5. The molecule has 1 atom stereocenters. The number of benzene rings is 1. The van der Waals surface area contributed by atoms with Gasteiger partial charge >= 0.3 is 0 Å². The molecule has 2 heterocycles. The Morgan fingerprint density at radius 1 is 1.42 bits per heavy atom. The van der Waals surface area contributed by atoms with Crippen molar-refractivity contribution in [3.05, 3.63) is 24.1 Å². The number of aromatic nitrogens is 1. The SMILES string of the molecule is COc1ccc2oc(C3NCCCC3(C)C)nc2c1. The fraction of sp³-hybridized carbons (Fsp3) is 0.533. The predicted molar refractivity (Wildman–Crippen MR) is 74.3 cm³/mol. The van der Waals surface area contributed by atoms with Crippen LogP contribution in [0.4, 0.5) is 0 Å². The van der Waals surface area contributed by atoms with Gasteiger partial charge in [0.15, 0.2) is 5.58 Å². The van der Waals surface area contributed by atoms with Crippen molar-refractivity contribution in [1.82, 2.24) is 10.3 Å². The highest BCUT2D eigenvalue weighted by Crippen LogP contribution is 2.40. The van der Waals surface area contributed by atoms with E-state index in [1.807, 2.05) is 18.2 Å². The van der Waals surface area contributed by atoms with Crippen molar-refractivity contribution >= 4 is 11.1 Å². The van der Waals surface area contributed by atoms with Gasteiger partial charge in [0.2, 0.25) is 5.89 Å². The zero-order chi connectivity index (χ0) is 13.5. The van der Waals surface area contributed by atoms with E-state index in [1.54, 1.807) is 7.11 Å². The minimum absolute atomic E-state index is 0.170. The van der Waals surface area contributed by atoms with Gasteiger partial charge in [-0.25, -0.2) is 4.98 Å². The van der Waals surface area contributed by atoms with Crippen LogP contribution in [0.25, 0.3) is 11.1 Å². The minimum Gasteiger partial charge on any atom is -0.497 e. The number of oxazole rings is 1. The van der Waals surface area contributed by atoms with Gasteiger partial charge < -0.3 is 14.5 Å². The Morgan fingerprint density at radius 2 is 2.26 bits per heavy atom. The molecule has 0 radical (unpaired) electrons. The summed E-state index contributed by atoms with van der Waals surface area (Å²) < 4.78 is 11.1. The van der Waals surface area contributed by atoms with E-state index >= 15 is 0 Å². The van der Waals surface area contributed by atoms with E-state index in [9.17, 15) is 0 Å². The Bertz CT molecular complexity index is 589. The summed E-state index contributed by atoms with van der Waals surface area (Å²) in [5, 5.41) is 3.53. The highest BCUT2D eigenvalue weighted by molar-refractivity contribution is 5.74. The van der Waals surface area contributed by atoms with Crippen LogP contribution < -0.4 is 10.1 Å². The molecule has 0 spiro atoms. The summed E-state index contributed by atoms with van der Waals surface area (Å²) in [7, 11) is 1.66. The van der Waals surface area contributed by atoms with Crippen LogP contribution in [0.15, 0.2) is 22.6 Å². The maximum Gasteiger partial charge on any atom is 0.213 e. The fourth-order valence-corrected chi connectivity index (χ4v) is 2.81. The van der Waals surface area contributed by atoms with Crippen LogP contribution >= 0.6 is 0 Å². The average Bonchev–Trinajstić information content (AvgIpc) is 2.80. The summed E-state index contributed by atoms with van der Waals surface area (Å²) >= 11 is 0. The van der Waals surface area contributed by atoms with Crippen molar-refractivity contribution in [2.75, 3.05) is 13.7 Å². The number of piperidine rings is 1. The molecule has 102 valence electrons. The lowest BCUT2D eigenvalue weighted by atomic mass is 9.77. The molecular weight excluding hydrogens is 240 g/mol. The normalized spacial score (nSPS) is 22.6. The van der Waals surface area contributed by atoms with Gasteiger partial charge in [0.05, 0.1) is 13.2 Å². The maximum absolute atomic E-state index is 5.91. The summed E-state index contributed by atoms with van der Waals surface area (Å²) in [5.41, 5.74) is 1.85. The van der Waals surface area contributed by atoms with E-state index in [0.29, 0.717) is 0 Å². The van der Waals surface area contributed by atoms with Gasteiger partial charge in [-0.1, -0.05) is 13.8 Å². The van der Waals surface area contributed by atoms with Crippen LogP contribution in [0, 0.1) is 5.41 Å². The van der Waals surface area contributed by atoms with E-state index in [0.717, 1.165) is 29.3 Å². The Labute approximate surface area is 113 Å². The second-order valence-corrected chi connectivity index (χ2v) is 5.87. The summed E-state index contributed by atoms with van der Waals surface area (Å²) in [6.07, 6.45) is 2.39. The zero-order valence-corrected chi connectivity index (χ0v) is 11.7. The van der Waals surface area contributed by atoms with Crippen LogP contribution in [0.5, 0.6) is 5.75 Å². The van der Waals surface area contributed by atoms with Gasteiger partial charge in [0.25, 0.3) is 0 Å². The molecule has 4 nitrogen and oxygen atoms in total. The zero-order valence-electron chi connectivity index (χ0n) is 11.7. The molecule has 0 amide bonds. The number of nitrogens with zero attached hydrogens (tertiary/aromatic N) is 1. The number of rotatable bonds is 2. The van der Waals surface area contributed by atoms with E-state index < -0.39 is 0 Å². The molecule has 1 aromatic heterocycles. The molecule has 1 N–H and O–H groups in total. The lowest BCUT2D eigenvalue weighted by Gasteiger charge is -2.37. The van der Waals surface area contributed by atoms with E-state index in [1.165, 1.54) is 12.8 Å². The van der Waals surface area contributed by atoms with Crippen molar-refractivity contribution < 1.29 is 9.15 Å². The van der Waals surface area contributed by atoms with E-state index in [2.05, 4.69) is 24.1 Å². The monoisotopic (exact) mass is 260 g/mol. The van der Waals surface area contributed by atoms with Gasteiger partial charge in [-0.2, -0.15) is 0 Å². The average molecular weight is 260 g/mol. The number of ether oxygens (including phenoxy) is 1. The molecule has 1 saturated heterocycles. The largest absolute Gasteiger partial charge is 0.497 e. The first-order valence-corrected chi connectivity index (χ1v) is 6.78. The smallest absolute Gasteiger partial charge is 0.213 e. The Balaban J connectivity index is 2.00. The number of methoxy groups -OCH3 is 1. The highest BCUT2D eigenvalue weighted by Gasteiger charge is 2.36. The van der Waals surface area contributed by atoms with Crippen LogP contribution in [0.2, 0.25) is 0 Å². The standard InChI is InChI=1S/C15H20N2O2/c1-15(2)7-4-8-16-13(15)14-17-11-9-10(18-3)5-6-12(11)19-14/h5-6,9,13,16H,4,7-8H2,1-3H3. The van der Waals surface area contributed by atoms with Crippen molar-refractivity contribution in [3.63, 3.8) is 0 Å². The molecule has 4 heteroatoms. The van der Waals surface area contributed by atoms with Crippen LogP contribution in [-0.4, -0.2) is 18.6 Å². The maximum atomic E-state index is 5.91. The molecule has 0 saturated carbocycles.